The molecular formula is C20H21NO. The molecular weight excluding hydrogens is 270 g/mol. The molecule has 0 aliphatic heterocycles. The molecule has 0 radical (unpaired) electrons. The average molecular weight is 291 g/mol. The van der Waals surface area contributed by atoms with Gasteiger partial charge in [0.05, 0.1) is 12.8 Å². The molecule has 1 N–H and O–H groups in total. The van der Waals surface area contributed by atoms with Crippen molar-refractivity contribution in [1.29, 1.82) is 0 Å². The molecule has 0 fully saturated rings. The minimum Gasteiger partial charge on any atom is -0.496 e. The summed E-state index contributed by atoms with van der Waals surface area (Å²) in [5, 5.41) is 1.34. The largest absolute Gasteiger partial charge is 0.496 e. The lowest BCUT2D eigenvalue weighted by Crippen LogP contribution is -1.93. The number of H-pyrrole nitrogens is 1. The number of hydrogen-bond acceptors (Lipinski definition) is 1. The van der Waals surface area contributed by atoms with Crippen molar-refractivity contribution >= 4 is 10.9 Å². The van der Waals surface area contributed by atoms with Crippen LogP contribution < -0.4 is 4.74 Å². The van der Waals surface area contributed by atoms with Crippen molar-refractivity contribution < 1.29 is 4.74 Å². The van der Waals surface area contributed by atoms with Crippen LogP contribution in [0.4, 0.5) is 0 Å². The number of aromatic amines is 1. The number of ether oxygens (including phenoxy) is 1. The molecule has 1 aliphatic rings. The van der Waals surface area contributed by atoms with E-state index in [1.54, 1.807) is 7.11 Å². The van der Waals surface area contributed by atoms with Crippen LogP contribution in [0.5, 0.6) is 5.75 Å². The van der Waals surface area contributed by atoms with Gasteiger partial charge >= 0.3 is 0 Å². The average Bonchev–Trinajstić information content (AvgIpc) is 2.93. The number of benzene rings is 2. The molecule has 2 nitrogen and oxygen atoms in total. The van der Waals surface area contributed by atoms with E-state index in [1.807, 2.05) is 0 Å². The molecule has 0 bridgehead atoms. The Morgan fingerprint density at radius 3 is 2.50 bits per heavy atom. The molecule has 1 aromatic heterocycles. The van der Waals surface area contributed by atoms with Crippen LogP contribution >= 0.6 is 0 Å². The Hall–Kier alpha value is -2.22. The second-order valence-electron chi connectivity index (χ2n) is 6.55. The van der Waals surface area contributed by atoms with Gasteiger partial charge in [-0.15, -0.1) is 0 Å². The van der Waals surface area contributed by atoms with Crippen LogP contribution in [0, 0.1) is 27.7 Å². The Bertz CT molecular complexity index is 931. The fourth-order valence-electron chi connectivity index (χ4n) is 4.24. The summed E-state index contributed by atoms with van der Waals surface area (Å²) in [7, 11) is 1.76. The summed E-state index contributed by atoms with van der Waals surface area (Å²) in [5.74, 6) is 1.01. The summed E-state index contributed by atoms with van der Waals surface area (Å²) in [6, 6.07) is 6.81. The van der Waals surface area contributed by atoms with Crippen molar-refractivity contribution in [2.45, 2.75) is 34.1 Å². The van der Waals surface area contributed by atoms with Gasteiger partial charge in [-0.25, -0.2) is 0 Å². The third kappa shape index (κ3) is 1.61. The van der Waals surface area contributed by atoms with E-state index in [-0.39, 0.29) is 0 Å². The van der Waals surface area contributed by atoms with E-state index in [0.29, 0.717) is 0 Å². The van der Waals surface area contributed by atoms with Crippen molar-refractivity contribution in [2.24, 2.45) is 0 Å². The van der Waals surface area contributed by atoms with Gasteiger partial charge in [0.1, 0.15) is 5.75 Å². The summed E-state index contributed by atoms with van der Waals surface area (Å²) in [5.41, 5.74) is 11.9. The van der Waals surface area contributed by atoms with Crippen LogP contribution in [-0.2, 0) is 6.42 Å². The Morgan fingerprint density at radius 2 is 1.77 bits per heavy atom. The molecule has 112 valence electrons. The number of hydrogen-bond donors (Lipinski definition) is 1. The van der Waals surface area contributed by atoms with E-state index >= 15 is 0 Å². The number of aromatic nitrogens is 1. The van der Waals surface area contributed by atoms with Gasteiger partial charge in [-0.2, -0.15) is 0 Å². The third-order valence-corrected chi connectivity index (χ3v) is 4.95. The van der Waals surface area contributed by atoms with Gasteiger partial charge in [0, 0.05) is 28.5 Å². The van der Waals surface area contributed by atoms with Crippen molar-refractivity contribution in [3.05, 3.63) is 51.6 Å². The van der Waals surface area contributed by atoms with Gasteiger partial charge in [-0.1, -0.05) is 17.7 Å². The van der Waals surface area contributed by atoms with Crippen molar-refractivity contribution in [3.63, 3.8) is 0 Å². The highest BCUT2D eigenvalue weighted by atomic mass is 16.5. The zero-order valence-corrected chi connectivity index (χ0v) is 13.8. The Kier molecular flexibility index (Phi) is 2.68. The monoisotopic (exact) mass is 291 g/mol. The molecule has 1 heterocycles. The van der Waals surface area contributed by atoms with E-state index in [9.17, 15) is 0 Å². The van der Waals surface area contributed by atoms with Crippen LogP contribution in [0.1, 0.15) is 33.4 Å². The molecule has 4 rings (SSSR count). The molecule has 2 heteroatoms. The second-order valence-corrected chi connectivity index (χ2v) is 6.55. The van der Waals surface area contributed by atoms with Crippen LogP contribution in [0.3, 0.4) is 0 Å². The number of aryl methyl sites for hydroxylation is 4. The first-order valence-corrected chi connectivity index (χ1v) is 7.80. The molecule has 1 aliphatic carbocycles. The Morgan fingerprint density at radius 1 is 1.00 bits per heavy atom. The van der Waals surface area contributed by atoms with Gasteiger partial charge in [-0.3, -0.25) is 0 Å². The maximum Gasteiger partial charge on any atom is 0.125 e. The molecule has 0 spiro atoms. The summed E-state index contributed by atoms with van der Waals surface area (Å²) < 4.78 is 5.62. The predicted molar refractivity (Wildman–Crippen MR) is 92.0 cm³/mol. The highest BCUT2D eigenvalue weighted by molar-refractivity contribution is 5.98. The summed E-state index contributed by atoms with van der Waals surface area (Å²) >= 11 is 0. The first kappa shape index (κ1) is 13.4. The van der Waals surface area contributed by atoms with Gasteiger partial charge < -0.3 is 9.72 Å². The minimum absolute atomic E-state index is 1.01. The topological polar surface area (TPSA) is 25.0 Å². The van der Waals surface area contributed by atoms with E-state index in [2.05, 4.69) is 50.9 Å². The normalized spacial score (nSPS) is 12.6. The molecule has 22 heavy (non-hydrogen) atoms. The van der Waals surface area contributed by atoms with Crippen molar-refractivity contribution in [2.75, 3.05) is 7.11 Å². The Balaban J connectivity index is 2.08. The lowest BCUT2D eigenvalue weighted by molar-refractivity contribution is 0.409. The quantitative estimate of drug-likeness (QED) is 0.525. The smallest absolute Gasteiger partial charge is 0.125 e. The molecule has 3 aromatic rings. The summed E-state index contributed by atoms with van der Waals surface area (Å²) in [6.45, 7) is 8.67. The SMILES string of the molecule is COc1c(C)cc2[nH]c3c(c2c1C)Cc1cc(C)cc(C)c1-3. The third-order valence-electron chi connectivity index (χ3n) is 4.95. The fraction of sp³-hybridized carbons (Fsp3) is 0.300. The Labute approximate surface area is 131 Å². The molecule has 0 amide bonds. The van der Waals surface area contributed by atoms with E-state index in [0.717, 1.165) is 12.2 Å². The zero-order valence-electron chi connectivity index (χ0n) is 13.8. The van der Waals surface area contributed by atoms with E-state index < -0.39 is 0 Å². The molecule has 0 unspecified atom stereocenters. The lowest BCUT2D eigenvalue weighted by Gasteiger charge is -2.11. The number of fused-ring (bicyclic) bond motifs is 5. The van der Waals surface area contributed by atoms with E-state index in [4.69, 9.17) is 4.74 Å². The van der Waals surface area contributed by atoms with Gasteiger partial charge in [0.25, 0.3) is 0 Å². The zero-order chi connectivity index (χ0) is 15.6. The highest BCUT2D eigenvalue weighted by Crippen LogP contribution is 2.45. The van der Waals surface area contributed by atoms with Crippen LogP contribution in [0.15, 0.2) is 18.2 Å². The second kappa shape index (κ2) is 4.39. The van der Waals surface area contributed by atoms with Gasteiger partial charge in [-0.05, 0) is 56.0 Å². The standard InChI is InChI=1S/C20H21NO/c1-10-6-11(2)17-14(7-10)9-15-18-13(4)20(22-5)12(3)8-16(18)21-19(15)17/h6-8,21H,9H2,1-5H3. The summed E-state index contributed by atoms with van der Waals surface area (Å²) in [4.78, 5) is 3.67. The minimum atomic E-state index is 1.01. The van der Waals surface area contributed by atoms with Gasteiger partial charge in [0.2, 0.25) is 0 Å². The first-order chi connectivity index (χ1) is 10.5. The lowest BCUT2D eigenvalue weighted by atomic mass is 10.00. The highest BCUT2D eigenvalue weighted by Gasteiger charge is 2.26. The molecule has 0 saturated heterocycles. The number of methoxy groups -OCH3 is 1. The van der Waals surface area contributed by atoms with Crippen LogP contribution in [0.2, 0.25) is 0 Å². The first-order valence-electron chi connectivity index (χ1n) is 7.80. The van der Waals surface area contributed by atoms with Crippen LogP contribution in [0.25, 0.3) is 22.2 Å². The van der Waals surface area contributed by atoms with Gasteiger partial charge in [0.15, 0.2) is 0 Å². The fourth-order valence-corrected chi connectivity index (χ4v) is 4.24. The van der Waals surface area contributed by atoms with E-state index in [1.165, 1.54) is 55.5 Å². The van der Waals surface area contributed by atoms with Crippen LogP contribution in [-0.4, -0.2) is 12.1 Å². The predicted octanol–water partition coefficient (Wildman–Crippen LogP) is 4.98. The maximum absolute atomic E-state index is 5.62. The van der Waals surface area contributed by atoms with Crippen molar-refractivity contribution in [1.82, 2.24) is 4.98 Å². The molecule has 0 atom stereocenters. The molecule has 0 saturated carbocycles. The number of nitrogens with one attached hydrogen (secondary N) is 1. The number of rotatable bonds is 1. The maximum atomic E-state index is 5.62. The van der Waals surface area contributed by atoms with Crippen molar-refractivity contribution in [3.8, 4) is 17.0 Å². The molecule has 2 aromatic carbocycles. The summed E-state index contributed by atoms with van der Waals surface area (Å²) in [6.07, 6.45) is 1.01.